The van der Waals surface area contributed by atoms with E-state index in [2.05, 4.69) is 175 Å². The van der Waals surface area contributed by atoms with E-state index in [9.17, 15) is 0 Å². The van der Waals surface area contributed by atoms with Gasteiger partial charge in [-0.1, -0.05) is 164 Å². The van der Waals surface area contributed by atoms with E-state index in [0.717, 1.165) is 44.0 Å². The molecule has 238 valence electrons. The van der Waals surface area contributed by atoms with Gasteiger partial charge in [-0.05, 0) is 83.7 Å². The van der Waals surface area contributed by atoms with Gasteiger partial charge in [0.2, 0.25) is 0 Å². The third-order valence-electron chi connectivity index (χ3n) is 11.4. The molecule has 1 heterocycles. The Kier molecular flexibility index (Phi) is 5.77. The number of nitrogens with two attached hydrogens (primary N) is 1. The van der Waals surface area contributed by atoms with Gasteiger partial charge in [0.1, 0.15) is 0 Å². The van der Waals surface area contributed by atoms with Gasteiger partial charge in [-0.25, -0.2) is 0 Å². The molecule has 0 aliphatic heterocycles. The van der Waals surface area contributed by atoms with Crippen LogP contribution in [0.4, 0.5) is 5.69 Å². The summed E-state index contributed by atoms with van der Waals surface area (Å²) in [4.78, 5) is 3.95. The van der Waals surface area contributed by atoms with E-state index in [1.54, 1.807) is 0 Å². The number of aromatic amines is 1. The first kappa shape index (κ1) is 28.2. The first-order valence-electron chi connectivity index (χ1n) is 17.7. The molecule has 1 aromatic heterocycles. The normalized spacial score (nSPS) is 13.3. The lowest BCUT2D eigenvalue weighted by molar-refractivity contribution is 0.794. The van der Waals surface area contributed by atoms with Crippen molar-refractivity contribution < 1.29 is 0 Å². The fourth-order valence-electron chi connectivity index (χ4n) is 9.38. The third-order valence-corrected chi connectivity index (χ3v) is 11.4. The average molecular weight is 649 g/mol. The minimum atomic E-state index is -0.408. The minimum Gasteiger partial charge on any atom is -0.397 e. The molecule has 2 aliphatic carbocycles. The van der Waals surface area contributed by atoms with E-state index in [1.165, 1.54) is 60.7 Å². The maximum atomic E-state index is 6.85. The van der Waals surface area contributed by atoms with Crippen LogP contribution >= 0.6 is 0 Å². The summed E-state index contributed by atoms with van der Waals surface area (Å²) in [5, 5.41) is 6.96. The Morgan fingerprint density at radius 2 is 0.745 bits per heavy atom. The van der Waals surface area contributed by atoms with Crippen LogP contribution in [0.1, 0.15) is 22.3 Å². The van der Waals surface area contributed by atoms with Gasteiger partial charge in [0, 0.05) is 16.3 Å². The van der Waals surface area contributed by atoms with Crippen LogP contribution in [0, 0.1) is 0 Å². The van der Waals surface area contributed by atoms with E-state index in [0.29, 0.717) is 0 Å². The van der Waals surface area contributed by atoms with Crippen molar-refractivity contribution in [1.82, 2.24) is 4.98 Å². The number of hydrogen-bond donors (Lipinski definition) is 2. The van der Waals surface area contributed by atoms with Gasteiger partial charge in [0.15, 0.2) is 0 Å². The third kappa shape index (κ3) is 3.71. The van der Waals surface area contributed by atoms with Gasteiger partial charge in [0.05, 0.1) is 22.1 Å². The fourth-order valence-corrected chi connectivity index (χ4v) is 9.38. The smallest absolute Gasteiger partial charge is 0.0725 e. The molecule has 51 heavy (non-hydrogen) atoms. The average Bonchev–Trinajstić information content (AvgIpc) is 3.67. The standard InChI is InChI=1S/C49H32N2/c50-46-26-12-22-41-35-16-4-2-14-33(35)32-13-1-3-15-34(32)40-21-11-20-31(47(40)51-48(41)46)30-27-28-39-38-19-7-10-25-44(38)49(45(39)29-30)42-23-8-5-17-36(42)37-18-6-9-24-43(37)49/h1-29,51H,50H2. The fraction of sp³-hybridized carbons (Fsp3) is 0.0204. The molecule has 1 spiro atoms. The van der Waals surface area contributed by atoms with E-state index >= 15 is 0 Å². The summed E-state index contributed by atoms with van der Waals surface area (Å²) >= 11 is 0. The number of nitrogen functional groups attached to an aromatic ring is 1. The van der Waals surface area contributed by atoms with Crippen LogP contribution in [-0.4, -0.2) is 4.98 Å². The van der Waals surface area contributed by atoms with Crippen molar-refractivity contribution in [3.63, 3.8) is 0 Å². The number of para-hydroxylation sites is 2. The Morgan fingerprint density at radius 3 is 1.31 bits per heavy atom. The molecule has 0 saturated heterocycles. The number of anilines is 1. The molecule has 0 atom stereocenters. The highest BCUT2D eigenvalue weighted by Crippen LogP contribution is 2.63. The lowest BCUT2D eigenvalue weighted by Gasteiger charge is -2.30. The quantitative estimate of drug-likeness (QED) is 0.171. The first-order valence-corrected chi connectivity index (χ1v) is 17.7. The number of nitrogens with one attached hydrogen (secondary N) is 1. The maximum absolute atomic E-state index is 6.85. The van der Waals surface area contributed by atoms with Crippen LogP contribution in [-0.2, 0) is 5.41 Å². The van der Waals surface area contributed by atoms with E-state index < -0.39 is 5.41 Å². The molecular weight excluding hydrogens is 617 g/mol. The Hall–Kier alpha value is -6.64. The molecule has 11 rings (SSSR count). The highest BCUT2D eigenvalue weighted by molar-refractivity contribution is 6.21. The zero-order chi connectivity index (χ0) is 33.7. The zero-order valence-corrected chi connectivity index (χ0v) is 27.8. The van der Waals surface area contributed by atoms with Crippen LogP contribution in [0.15, 0.2) is 176 Å². The second-order valence-electron chi connectivity index (χ2n) is 13.9. The predicted molar refractivity (Wildman–Crippen MR) is 215 cm³/mol. The lowest BCUT2D eigenvalue weighted by atomic mass is 9.70. The minimum absolute atomic E-state index is 0.408. The topological polar surface area (TPSA) is 41.8 Å². The number of rotatable bonds is 1. The molecule has 0 unspecified atom stereocenters. The lowest BCUT2D eigenvalue weighted by Crippen LogP contribution is -2.25. The van der Waals surface area contributed by atoms with Crippen LogP contribution in [0.5, 0.6) is 0 Å². The van der Waals surface area contributed by atoms with Gasteiger partial charge in [0.25, 0.3) is 0 Å². The molecule has 9 aromatic rings. The monoisotopic (exact) mass is 648 g/mol. The first-order chi connectivity index (χ1) is 25.2. The summed E-state index contributed by atoms with van der Waals surface area (Å²) in [6.45, 7) is 0. The molecule has 0 radical (unpaired) electrons. The van der Waals surface area contributed by atoms with Crippen molar-refractivity contribution >= 4 is 49.0 Å². The molecule has 2 heteroatoms. The summed E-state index contributed by atoms with van der Waals surface area (Å²) in [7, 11) is 0. The van der Waals surface area contributed by atoms with Crippen molar-refractivity contribution in [1.29, 1.82) is 0 Å². The van der Waals surface area contributed by atoms with Crippen LogP contribution in [0.3, 0.4) is 0 Å². The molecule has 3 N–H and O–H groups in total. The molecule has 8 aromatic carbocycles. The molecule has 0 fully saturated rings. The Bertz CT molecular complexity index is 2940. The number of fused-ring (bicyclic) bond motifs is 17. The SMILES string of the molecule is Nc1cccc2c1[nH]c1c(-c3ccc4c(c3)C3(c5ccccc5-c5ccccc53)c3ccccc3-4)cccc1c1ccccc1c1ccccc21. The van der Waals surface area contributed by atoms with Gasteiger partial charge in [-0.15, -0.1) is 0 Å². The molecule has 0 amide bonds. The van der Waals surface area contributed by atoms with Gasteiger partial charge >= 0.3 is 0 Å². The number of H-pyrrole nitrogens is 1. The summed E-state index contributed by atoms with van der Waals surface area (Å²) in [5.41, 5.74) is 22.0. The van der Waals surface area contributed by atoms with Crippen molar-refractivity contribution in [2.45, 2.75) is 5.41 Å². The summed E-state index contributed by atoms with van der Waals surface area (Å²) in [6, 6.07) is 64.5. The highest BCUT2D eigenvalue weighted by Gasteiger charge is 2.51. The van der Waals surface area contributed by atoms with Gasteiger partial charge in [-0.3, -0.25) is 0 Å². The molecule has 0 saturated carbocycles. The maximum Gasteiger partial charge on any atom is 0.0725 e. The van der Waals surface area contributed by atoms with Crippen molar-refractivity contribution in [2.24, 2.45) is 0 Å². The Labute approximate surface area is 295 Å². The van der Waals surface area contributed by atoms with Gasteiger partial charge in [-0.2, -0.15) is 0 Å². The zero-order valence-electron chi connectivity index (χ0n) is 27.8. The van der Waals surface area contributed by atoms with E-state index in [1.807, 2.05) is 6.07 Å². The number of benzene rings is 8. The van der Waals surface area contributed by atoms with Crippen molar-refractivity contribution in [3.8, 4) is 33.4 Å². The van der Waals surface area contributed by atoms with E-state index in [4.69, 9.17) is 5.73 Å². The van der Waals surface area contributed by atoms with Gasteiger partial charge < -0.3 is 10.7 Å². The number of aromatic nitrogens is 1. The Balaban J connectivity index is 1.29. The second-order valence-corrected chi connectivity index (χ2v) is 13.9. The van der Waals surface area contributed by atoms with Crippen LogP contribution in [0.2, 0.25) is 0 Å². The van der Waals surface area contributed by atoms with E-state index in [-0.39, 0.29) is 0 Å². The highest BCUT2D eigenvalue weighted by atomic mass is 14.7. The largest absolute Gasteiger partial charge is 0.397 e. The summed E-state index contributed by atoms with van der Waals surface area (Å²) in [6.07, 6.45) is 0. The summed E-state index contributed by atoms with van der Waals surface area (Å²) in [5.74, 6) is 0. The Morgan fingerprint density at radius 1 is 0.333 bits per heavy atom. The molecular formula is C49H32N2. The van der Waals surface area contributed by atoms with Crippen molar-refractivity contribution in [2.75, 3.05) is 5.73 Å². The molecule has 2 aliphatic rings. The van der Waals surface area contributed by atoms with Crippen molar-refractivity contribution in [3.05, 3.63) is 198 Å². The predicted octanol–water partition coefficient (Wildman–Crippen LogP) is 12.3. The van der Waals surface area contributed by atoms with Crippen LogP contribution in [0.25, 0.3) is 76.7 Å². The number of hydrogen-bond acceptors (Lipinski definition) is 1. The molecule has 0 bridgehead atoms. The molecule has 2 nitrogen and oxygen atoms in total. The summed E-state index contributed by atoms with van der Waals surface area (Å²) < 4.78 is 0. The van der Waals surface area contributed by atoms with Crippen LogP contribution < -0.4 is 5.73 Å². The second kappa shape index (κ2) is 10.4.